The molecular formula is C14H20ClN3O2. The van der Waals surface area contributed by atoms with Gasteiger partial charge >= 0.3 is 5.97 Å². The van der Waals surface area contributed by atoms with Crippen LogP contribution in [-0.4, -0.2) is 27.6 Å². The molecule has 0 aliphatic heterocycles. The van der Waals surface area contributed by atoms with E-state index in [4.69, 9.17) is 16.3 Å². The molecule has 0 spiro atoms. The number of fused-ring (bicyclic) bond motifs is 1. The number of carbonyl (C=O) groups is 1. The molecule has 0 N–H and O–H groups in total. The van der Waals surface area contributed by atoms with Crippen molar-refractivity contribution in [2.24, 2.45) is 0 Å². The SMILES string of the molecule is CC.COC(=O)C(C)(C)n1cc(C)c2cnc(Cl)nc21. The highest BCUT2D eigenvalue weighted by molar-refractivity contribution is 6.28. The molecule has 0 fully saturated rings. The lowest BCUT2D eigenvalue weighted by Crippen LogP contribution is -2.36. The Kier molecular flexibility index (Phi) is 5.11. The molecule has 2 rings (SSSR count). The van der Waals surface area contributed by atoms with Gasteiger partial charge < -0.3 is 9.30 Å². The standard InChI is InChI=1S/C12H14ClN3O2.C2H6/c1-7-6-16(12(2,3)10(17)18-4)9-8(7)5-14-11(13)15-9;1-2/h5-6H,1-4H3;1-2H3. The topological polar surface area (TPSA) is 57.0 Å². The van der Waals surface area contributed by atoms with Crippen molar-refractivity contribution in [3.8, 4) is 0 Å². The van der Waals surface area contributed by atoms with E-state index in [0.717, 1.165) is 10.9 Å². The maximum Gasteiger partial charge on any atom is 0.331 e. The van der Waals surface area contributed by atoms with Crippen molar-refractivity contribution >= 4 is 28.6 Å². The number of esters is 1. The largest absolute Gasteiger partial charge is 0.467 e. The van der Waals surface area contributed by atoms with Gasteiger partial charge in [0.15, 0.2) is 0 Å². The molecule has 0 unspecified atom stereocenters. The third-order valence-electron chi connectivity index (χ3n) is 3.00. The van der Waals surface area contributed by atoms with Gasteiger partial charge in [-0.1, -0.05) is 13.8 Å². The van der Waals surface area contributed by atoms with Gasteiger partial charge in [-0.2, -0.15) is 4.98 Å². The Bertz CT molecular complexity index is 620. The van der Waals surface area contributed by atoms with E-state index in [1.54, 1.807) is 24.6 Å². The maximum atomic E-state index is 11.9. The summed E-state index contributed by atoms with van der Waals surface area (Å²) < 4.78 is 6.58. The number of rotatable bonds is 2. The minimum absolute atomic E-state index is 0.155. The lowest BCUT2D eigenvalue weighted by molar-refractivity contribution is -0.149. The fourth-order valence-electron chi connectivity index (χ4n) is 1.91. The first kappa shape index (κ1) is 16.4. The second kappa shape index (κ2) is 6.22. The van der Waals surface area contributed by atoms with Crippen molar-refractivity contribution in [2.45, 2.75) is 40.2 Å². The van der Waals surface area contributed by atoms with Crippen molar-refractivity contribution in [2.75, 3.05) is 7.11 Å². The van der Waals surface area contributed by atoms with Crippen LogP contribution in [0, 0.1) is 6.92 Å². The van der Waals surface area contributed by atoms with Crippen LogP contribution in [-0.2, 0) is 15.1 Å². The van der Waals surface area contributed by atoms with Crippen molar-refractivity contribution in [3.05, 3.63) is 23.2 Å². The van der Waals surface area contributed by atoms with Crippen molar-refractivity contribution in [3.63, 3.8) is 0 Å². The van der Waals surface area contributed by atoms with Crippen LogP contribution in [0.2, 0.25) is 5.28 Å². The Morgan fingerprint density at radius 3 is 2.55 bits per heavy atom. The Balaban J connectivity index is 0.000000956. The number of halogens is 1. The molecule has 2 aromatic rings. The number of nitrogens with zero attached hydrogens (tertiary/aromatic N) is 3. The van der Waals surface area contributed by atoms with Crippen LogP contribution in [0.15, 0.2) is 12.4 Å². The molecule has 2 aromatic heterocycles. The molecule has 20 heavy (non-hydrogen) atoms. The molecule has 0 amide bonds. The molecule has 2 heterocycles. The average molecular weight is 298 g/mol. The third-order valence-corrected chi connectivity index (χ3v) is 3.18. The molecule has 0 bridgehead atoms. The highest BCUT2D eigenvalue weighted by atomic mass is 35.5. The fraction of sp³-hybridized carbons (Fsp3) is 0.500. The van der Waals surface area contributed by atoms with Gasteiger partial charge in [0.1, 0.15) is 11.2 Å². The Morgan fingerprint density at radius 1 is 1.40 bits per heavy atom. The van der Waals surface area contributed by atoms with E-state index in [2.05, 4.69) is 9.97 Å². The van der Waals surface area contributed by atoms with Gasteiger partial charge in [-0.3, -0.25) is 0 Å². The highest BCUT2D eigenvalue weighted by Gasteiger charge is 2.32. The van der Waals surface area contributed by atoms with Gasteiger partial charge in [0.05, 0.1) is 7.11 Å². The summed E-state index contributed by atoms with van der Waals surface area (Å²) >= 11 is 5.81. The maximum absolute atomic E-state index is 11.9. The van der Waals surface area contributed by atoms with Gasteiger partial charge in [-0.15, -0.1) is 0 Å². The minimum atomic E-state index is -0.848. The molecule has 110 valence electrons. The summed E-state index contributed by atoms with van der Waals surface area (Å²) in [5.74, 6) is -0.339. The molecule has 6 heteroatoms. The summed E-state index contributed by atoms with van der Waals surface area (Å²) in [6.45, 7) is 9.48. The van der Waals surface area contributed by atoms with Crippen molar-refractivity contribution < 1.29 is 9.53 Å². The molecule has 0 aliphatic rings. The zero-order chi connectivity index (χ0) is 15.5. The number of aromatic nitrogens is 3. The molecule has 0 aliphatic carbocycles. The molecule has 5 nitrogen and oxygen atoms in total. The number of aryl methyl sites for hydroxylation is 1. The normalized spacial score (nSPS) is 10.9. The van der Waals surface area contributed by atoms with E-state index < -0.39 is 5.54 Å². The molecule has 0 radical (unpaired) electrons. The second-order valence-corrected chi connectivity index (χ2v) is 4.95. The van der Waals surface area contributed by atoms with Crippen molar-refractivity contribution in [1.82, 2.24) is 14.5 Å². The molecular weight excluding hydrogens is 278 g/mol. The van der Waals surface area contributed by atoms with E-state index in [-0.39, 0.29) is 11.3 Å². The number of methoxy groups -OCH3 is 1. The summed E-state index contributed by atoms with van der Waals surface area (Å²) in [6.07, 6.45) is 3.51. The van der Waals surface area contributed by atoms with Gasteiger partial charge in [0.25, 0.3) is 0 Å². The average Bonchev–Trinajstić information content (AvgIpc) is 2.77. The minimum Gasteiger partial charge on any atom is -0.467 e. The van der Waals surface area contributed by atoms with Crippen molar-refractivity contribution in [1.29, 1.82) is 0 Å². The molecule has 0 aromatic carbocycles. The zero-order valence-electron chi connectivity index (χ0n) is 12.7. The second-order valence-electron chi connectivity index (χ2n) is 4.61. The molecule has 0 saturated heterocycles. The molecule has 0 atom stereocenters. The van der Waals surface area contributed by atoms with Gasteiger partial charge in [-0.25, -0.2) is 9.78 Å². The van der Waals surface area contributed by atoms with Crippen LogP contribution in [0.3, 0.4) is 0 Å². The summed E-state index contributed by atoms with van der Waals surface area (Å²) in [4.78, 5) is 20.0. The summed E-state index contributed by atoms with van der Waals surface area (Å²) in [7, 11) is 1.37. The van der Waals surface area contributed by atoms with Crippen LogP contribution in [0.25, 0.3) is 11.0 Å². The highest BCUT2D eigenvalue weighted by Crippen LogP contribution is 2.27. The van der Waals surface area contributed by atoms with Crippen LogP contribution in [0.5, 0.6) is 0 Å². The first-order valence-corrected chi connectivity index (χ1v) is 6.85. The van der Waals surface area contributed by atoms with E-state index in [1.165, 1.54) is 7.11 Å². The third kappa shape index (κ3) is 2.77. The fourth-order valence-corrected chi connectivity index (χ4v) is 2.04. The van der Waals surface area contributed by atoms with Crippen LogP contribution >= 0.6 is 11.6 Å². The van der Waals surface area contributed by atoms with Gasteiger partial charge in [0, 0.05) is 17.8 Å². The monoisotopic (exact) mass is 297 g/mol. The smallest absolute Gasteiger partial charge is 0.331 e. The van der Waals surface area contributed by atoms with Gasteiger partial charge in [-0.05, 0) is 37.9 Å². The van der Waals surface area contributed by atoms with E-state index in [0.29, 0.717) is 5.65 Å². The summed E-state index contributed by atoms with van der Waals surface area (Å²) in [5, 5.41) is 1.03. The number of ether oxygens (including phenoxy) is 1. The summed E-state index contributed by atoms with van der Waals surface area (Å²) in [6, 6.07) is 0. The van der Waals surface area contributed by atoms with Crippen LogP contribution in [0.4, 0.5) is 0 Å². The van der Waals surface area contributed by atoms with Crippen LogP contribution < -0.4 is 0 Å². The van der Waals surface area contributed by atoms with E-state index in [1.807, 2.05) is 27.0 Å². The number of carbonyl (C=O) groups excluding carboxylic acids is 1. The Hall–Kier alpha value is -1.62. The predicted octanol–water partition coefficient (Wildman–Crippen LogP) is 3.33. The lowest BCUT2D eigenvalue weighted by atomic mass is 10.1. The number of hydrogen-bond donors (Lipinski definition) is 0. The van der Waals surface area contributed by atoms with Gasteiger partial charge in [0.2, 0.25) is 5.28 Å². The van der Waals surface area contributed by atoms with Crippen LogP contribution in [0.1, 0.15) is 33.3 Å². The zero-order valence-corrected chi connectivity index (χ0v) is 13.4. The predicted molar refractivity (Wildman–Crippen MR) is 80.0 cm³/mol. The Labute approximate surface area is 123 Å². The van der Waals surface area contributed by atoms with E-state index in [9.17, 15) is 4.79 Å². The molecule has 0 saturated carbocycles. The quantitative estimate of drug-likeness (QED) is 0.630. The number of hydrogen-bond acceptors (Lipinski definition) is 4. The first-order chi connectivity index (χ1) is 9.37. The lowest BCUT2D eigenvalue weighted by Gasteiger charge is -2.24. The summed E-state index contributed by atoms with van der Waals surface area (Å²) in [5.41, 5.74) is 0.764. The van der Waals surface area contributed by atoms with E-state index >= 15 is 0 Å². The Morgan fingerprint density at radius 2 is 2.00 bits per heavy atom. The first-order valence-electron chi connectivity index (χ1n) is 6.47.